The second kappa shape index (κ2) is 6.62. The average molecular weight is 394 g/mol. The topological polar surface area (TPSA) is 79.5 Å². The Bertz CT molecular complexity index is 720. The van der Waals surface area contributed by atoms with Gasteiger partial charge in [-0.15, -0.1) is 11.3 Å². The van der Waals surface area contributed by atoms with Crippen LogP contribution in [-0.2, 0) is 10.0 Å². The number of sulfonamides is 1. The fourth-order valence-corrected chi connectivity index (χ4v) is 5.08. The van der Waals surface area contributed by atoms with Gasteiger partial charge in [0.25, 0.3) is 0 Å². The van der Waals surface area contributed by atoms with Crippen LogP contribution in [0.4, 0.5) is 0 Å². The molecule has 0 spiro atoms. The zero-order valence-electron chi connectivity index (χ0n) is 11.6. The highest BCUT2D eigenvalue weighted by atomic mass is 79.9. The highest BCUT2D eigenvalue weighted by Crippen LogP contribution is 2.26. The van der Waals surface area contributed by atoms with Crippen LogP contribution in [0.5, 0.6) is 0 Å². The van der Waals surface area contributed by atoms with Crippen molar-refractivity contribution < 1.29 is 17.9 Å². The SMILES string of the molecule is Cc1cc(C(O)CCNS(=O)(=O)c2ccc(Br)s2)c(C)o1. The van der Waals surface area contributed by atoms with Crippen molar-refractivity contribution in [1.29, 1.82) is 0 Å². The van der Waals surface area contributed by atoms with E-state index in [1.165, 1.54) is 6.07 Å². The first-order chi connectivity index (χ1) is 9.79. The molecule has 0 aromatic carbocycles. The van der Waals surface area contributed by atoms with Gasteiger partial charge in [0.2, 0.25) is 10.0 Å². The van der Waals surface area contributed by atoms with Crippen molar-refractivity contribution in [2.45, 2.75) is 30.6 Å². The molecule has 1 unspecified atom stereocenters. The highest BCUT2D eigenvalue weighted by Gasteiger charge is 2.18. The quantitative estimate of drug-likeness (QED) is 0.789. The van der Waals surface area contributed by atoms with Crippen LogP contribution in [0, 0.1) is 13.8 Å². The molecule has 2 N–H and O–H groups in total. The maximum Gasteiger partial charge on any atom is 0.250 e. The van der Waals surface area contributed by atoms with Gasteiger partial charge in [-0.25, -0.2) is 13.1 Å². The standard InChI is InChI=1S/C13H16BrNO4S2/c1-8-7-10(9(2)19-8)11(16)5-6-15-21(17,18)13-4-3-12(14)20-13/h3-4,7,11,15-16H,5-6H2,1-2H3. The second-order valence-electron chi connectivity index (χ2n) is 4.63. The molecule has 2 aromatic rings. The monoisotopic (exact) mass is 393 g/mol. The Morgan fingerprint density at radius 3 is 2.67 bits per heavy atom. The molecule has 0 amide bonds. The van der Waals surface area contributed by atoms with Crippen LogP contribution in [0.3, 0.4) is 0 Å². The van der Waals surface area contributed by atoms with E-state index in [2.05, 4.69) is 20.7 Å². The van der Waals surface area contributed by atoms with Gasteiger partial charge in [0, 0.05) is 12.1 Å². The number of hydrogen-bond acceptors (Lipinski definition) is 5. The number of aliphatic hydroxyl groups excluding tert-OH is 1. The van der Waals surface area contributed by atoms with Gasteiger partial charge in [-0.2, -0.15) is 0 Å². The Balaban J connectivity index is 1.93. The van der Waals surface area contributed by atoms with Crippen molar-refractivity contribution in [2.75, 3.05) is 6.54 Å². The first kappa shape index (κ1) is 16.7. The number of aryl methyl sites for hydroxylation is 2. The van der Waals surface area contributed by atoms with Crippen LogP contribution in [0.1, 0.15) is 29.6 Å². The molecule has 0 radical (unpaired) electrons. The van der Waals surface area contributed by atoms with E-state index in [0.29, 0.717) is 11.3 Å². The lowest BCUT2D eigenvalue weighted by molar-refractivity contribution is 0.167. The summed E-state index contributed by atoms with van der Waals surface area (Å²) in [6.07, 6.45) is -0.466. The van der Waals surface area contributed by atoms with Gasteiger partial charge in [0.05, 0.1) is 9.89 Å². The van der Waals surface area contributed by atoms with Gasteiger partial charge in [0.1, 0.15) is 15.7 Å². The summed E-state index contributed by atoms with van der Waals surface area (Å²) in [5.74, 6) is 1.38. The lowest BCUT2D eigenvalue weighted by Gasteiger charge is -2.10. The van der Waals surface area contributed by atoms with Crippen LogP contribution < -0.4 is 4.72 Å². The zero-order chi connectivity index (χ0) is 15.6. The van der Waals surface area contributed by atoms with E-state index < -0.39 is 16.1 Å². The molecular weight excluding hydrogens is 378 g/mol. The van der Waals surface area contributed by atoms with Crippen LogP contribution in [0.15, 0.2) is 30.6 Å². The van der Waals surface area contributed by atoms with Crippen molar-refractivity contribution in [2.24, 2.45) is 0 Å². The van der Waals surface area contributed by atoms with Gasteiger partial charge in [-0.3, -0.25) is 0 Å². The van der Waals surface area contributed by atoms with Crippen LogP contribution in [-0.4, -0.2) is 20.1 Å². The predicted octanol–water partition coefficient (Wildman–Crippen LogP) is 3.12. The summed E-state index contributed by atoms with van der Waals surface area (Å²) in [6.45, 7) is 3.74. The lowest BCUT2D eigenvalue weighted by atomic mass is 10.1. The third-order valence-electron chi connectivity index (χ3n) is 2.96. The largest absolute Gasteiger partial charge is 0.466 e. The fraction of sp³-hybridized carbons (Fsp3) is 0.385. The van der Waals surface area contributed by atoms with Gasteiger partial charge in [0.15, 0.2) is 0 Å². The maximum atomic E-state index is 12.0. The molecule has 0 saturated heterocycles. The van der Waals surface area contributed by atoms with E-state index in [1.54, 1.807) is 26.0 Å². The molecule has 0 aliphatic carbocycles. The van der Waals surface area contributed by atoms with E-state index in [9.17, 15) is 13.5 Å². The molecule has 21 heavy (non-hydrogen) atoms. The number of hydrogen-bond donors (Lipinski definition) is 2. The molecule has 2 aromatic heterocycles. The summed E-state index contributed by atoms with van der Waals surface area (Å²) >= 11 is 4.38. The molecule has 8 heteroatoms. The van der Waals surface area contributed by atoms with E-state index in [-0.39, 0.29) is 17.2 Å². The summed E-state index contributed by atoms with van der Waals surface area (Å²) < 4.78 is 32.9. The average Bonchev–Trinajstić information content (AvgIpc) is 2.95. The lowest BCUT2D eigenvalue weighted by Crippen LogP contribution is -2.25. The minimum Gasteiger partial charge on any atom is -0.466 e. The van der Waals surface area contributed by atoms with Crippen molar-refractivity contribution >= 4 is 37.3 Å². The number of nitrogens with one attached hydrogen (secondary N) is 1. The Morgan fingerprint density at radius 1 is 1.43 bits per heavy atom. The minimum atomic E-state index is -3.52. The van der Waals surface area contributed by atoms with E-state index in [0.717, 1.165) is 20.9 Å². The maximum absolute atomic E-state index is 12.0. The van der Waals surface area contributed by atoms with Gasteiger partial charge >= 0.3 is 0 Å². The molecule has 116 valence electrons. The number of thiophene rings is 1. The van der Waals surface area contributed by atoms with Crippen LogP contribution in [0.25, 0.3) is 0 Å². The molecule has 0 saturated carbocycles. The molecule has 0 aliphatic rings. The number of aliphatic hydroxyl groups is 1. The molecule has 1 atom stereocenters. The van der Waals surface area contributed by atoms with E-state index in [1.807, 2.05) is 0 Å². The molecule has 0 bridgehead atoms. The summed E-state index contributed by atoms with van der Waals surface area (Å²) in [7, 11) is -3.52. The van der Waals surface area contributed by atoms with Gasteiger partial charge in [-0.1, -0.05) is 0 Å². The molecule has 0 fully saturated rings. The number of furan rings is 1. The highest BCUT2D eigenvalue weighted by molar-refractivity contribution is 9.11. The molecule has 2 rings (SSSR count). The van der Waals surface area contributed by atoms with Crippen molar-refractivity contribution in [3.63, 3.8) is 0 Å². The summed E-state index contributed by atoms with van der Waals surface area (Å²) in [5.41, 5.74) is 0.700. The third-order valence-corrected chi connectivity index (χ3v) is 6.54. The Kier molecular flexibility index (Phi) is 5.26. The van der Waals surface area contributed by atoms with Crippen molar-refractivity contribution in [1.82, 2.24) is 4.72 Å². The Hall–Kier alpha value is -0.670. The van der Waals surface area contributed by atoms with Gasteiger partial charge in [-0.05, 0) is 54.4 Å². The molecule has 0 aliphatic heterocycles. The fourth-order valence-electron chi connectivity index (χ4n) is 1.98. The van der Waals surface area contributed by atoms with Crippen LogP contribution >= 0.6 is 27.3 Å². The third kappa shape index (κ3) is 4.17. The van der Waals surface area contributed by atoms with E-state index in [4.69, 9.17) is 4.42 Å². The molecule has 2 heterocycles. The summed E-state index contributed by atoms with van der Waals surface area (Å²) in [5, 5.41) is 10.1. The molecular formula is C13H16BrNO4S2. The van der Waals surface area contributed by atoms with Crippen LogP contribution in [0.2, 0.25) is 0 Å². The number of rotatable bonds is 6. The first-order valence-electron chi connectivity index (χ1n) is 6.29. The Morgan fingerprint density at radius 2 is 2.14 bits per heavy atom. The van der Waals surface area contributed by atoms with Crippen molar-refractivity contribution in [3.8, 4) is 0 Å². The van der Waals surface area contributed by atoms with E-state index >= 15 is 0 Å². The predicted molar refractivity (Wildman–Crippen MR) is 85.0 cm³/mol. The smallest absolute Gasteiger partial charge is 0.250 e. The summed E-state index contributed by atoms with van der Waals surface area (Å²) in [6, 6.07) is 4.99. The Labute approximate surface area is 136 Å². The van der Waals surface area contributed by atoms with Gasteiger partial charge < -0.3 is 9.52 Å². The second-order valence-corrected chi connectivity index (χ2v) is 9.09. The summed E-state index contributed by atoms with van der Waals surface area (Å²) in [4.78, 5) is 0. The van der Waals surface area contributed by atoms with Crippen molar-refractivity contribution in [3.05, 3.63) is 39.1 Å². The first-order valence-corrected chi connectivity index (χ1v) is 9.39. The molecule has 5 nitrogen and oxygen atoms in total. The minimum absolute atomic E-state index is 0.155. The normalized spacial score (nSPS) is 13.5. The number of halogens is 1. The zero-order valence-corrected chi connectivity index (χ0v) is 14.8.